The minimum absolute atomic E-state index is 0.0919. The Hall–Kier alpha value is -4.44. The first-order chi connectivity index (χ1) is 19.1. The van der Waals surface area contributed by atoms with Gasteiger partial charge >= 0.3 is 6.18 Å². The van der Waals surface area contributed by atoms with Gasteiger partial charge in [-0.15, -0.1) is 0 Å². The molecule has 0 spiro atoms. The second kappa shape index (κ2) is 14.1. The first-order valence-electron chi connectivity index (χ1n) is 12.3. The van der Waals surface area contributed by atoms with E-state index in [1.807, 2.05) is 6.07 Å². The Labute approximate surface area is 229 Å². The summed E-state index contributed by atoms with van der Waals surface area (Å²) in [5.74, 6) is -0.442. The fourth-order valence-corrected chi connectivity index (χ4v) is 3.84. The Balaban J connectivity index is 1.77. The lowest BCUT2D eigenvalue weighted by Crippen LogP contribution is -2.45. The van der Waals surface area contributed by atoms with Crippen LogP contribution in [0.15, 0.2) is 59.3 Å². The molecule has 0 radical (unpaired) electrons. The molecule has 2 heterocycles. The maximum Gasteiger partial charge on any atom is 0.422 e. The van der Waals surface area contributed by atoms with Gasteiger partial charge in [0.1, 0.15) is 17.6 Å². The van der Waals surface area contributed by atoms with Crippen LogP contribution >= 0.6 is 0 Å². The van der Waals surface area contributed by atoms with Gasteiger partial charge in [0.2, 0.25) is 5.91 Å². The van der Waals surface area contributed by atoms with Crippen LogP contribution in [0, 0.1) is 11.3 Å². The van der Waals surface area contributed by atoms with Gasteiger partial charge in [-0.2, -0.15) is 23.5 Å². The first-order valence-corrected chi connectivity index (χ1v) is 12.3. The molecule has 0 saturated carbocycles. The van der Waals surface area contributed by atoms with E-state index in [2.05, 4.69) is 20.7 Å². The van der Waals surface area contributed by atoms with Gasteiger partial charge in [-0.25, -0.2) is 4.98 Å². The van der Waals surface area contributed by atoms with Crippen molar-refractivity contribution >= 4 is 23.3 Å². The van der Waals surface area contributed by atoms with Crippen LogP contribution in [-0.2, 0) is 20.7 Å². The highest BCUT2D eigenvalue weighted by molar-refractivity contribution is 6.26. The number of halogens is 3. The average molecular weight is 559 g/mol. The minimum atomic E-state index is -4.44. The van der Waals surface area contributed by atoms with Gasteiger partial charge < -0.3 is 20.1 Å². The maximum atomic E-state index is 13.1. The molecule has 2 N–H and O–H groups in total. The van der Waals surface area contributed by atoms with Crippen LogP contribution in [0.1, 0.15) is 24.0 Å². The van der Waals surface area contributed by atoms with Crippen molar-refractivity contribution in [3.63, 3.8) is 0 Å². The number of nitriles is 1. The Morgan fingerprint density at radius 3 is 2.83 bits per heavy atom. The Morgan fingerprint density at radius 1 is 1.35 bits per heavy atom. The molecule has 2 aromatic rings. The molecule has 3 rings (SSSR count). The highest BCUT2D eigenvalue weighted by atomic mass is 19.4. The van der Waals surface area contributed by atoms with E-state index in [1.165, 1.54) is 36.5 Å². The number of aromatic nitrogens is 1. The van der Waals surface area contributed by atoms with Crippen LogP contribution in [-0.4, -0.2) is 68.6 Å². The molecule has 1 saturated heterocycles. The number of carbonyl (C=O) groups excluding carboxylic acids is 2. The van der Waals surface area contributed by atoms with Crippen LogP contribution in [0.3, 0.4) is 0 Å². The lowest BCUT2D eigenvalue weighted by atomic mass is 9.92. The fraction of sp³-hybridized carbons (Fsp3) is 0.370. The summed E-state index contributed by atoms with van der Waals surface area (Å²) < 4.78 is 47.2. The van der Waals surface area contributed by atoms with Gasteiger partial charge in [0.05, 0.1) is 23.5 Å². The number of anilines is 1. The van der Waals surface area contributed by atoms with E-state index in [0.717, 1.165) is 5.56 Å². The summed E-state index contributed by atoms with van der Waals surface area (Å²) in [5, 5.41) is 20.5. The number of hydrogen-bond donors (Lipinski definition) is 2. The number of piperidine rings is 1. The largest absolute Gasteiger partial charge is 0.484 e. The summed E-state index contributed by atoms with van der Waals surface area (Å²) in [7, 11) is 3.13. The monoisotopic (exact) mass is 558 g/mol. The Kier molecular flexibility index (Phi) is 10.6. The smallest absolute Gasteiger partial charge is 0.422 e. The van der Waals surface area contributed by atoms with Crippen molar-refractivity contribution in [3.05, 3.63) is 65.4 Å². The maximum absolute atomic E-state index is 13.1. The van der Waals surface area contributed by atoms with Crippen LogP contribution in [0.25, 0.3) is 0 Å². The van der Waals surface area contributed by atoms with Crippen LogP contribution in [0.4, 0.5) is 19.0 Å². The SMILES string of the molecule is COCCNC(=O)/C=C1\C(=O)NC(CCc2cccc(OCC(F)(F)F)c2)C\C1=N\N(C)c1ccc(C#N)cn1. The zero-order chi connectivity index (χ0) is 29.1. The Bertz CT molecular complexity index is 1290. The molecule has 1 aliphatic rings. The molecule has 212 valence electrons. The fourth-order valence-electron chi connectivity index (χ4n) is 3.84. The van der Waals surface area contributed by atoms with Crippen molar-refractivity contribution in [1.29, 1.82) is 5.26 Å². The zero-order valence-electron chi connectivity index (χ0n) is 22.0. The van der Waals surface area contributed by atoms with E-state index in [9.17, 15) is 22.8 Å². The number of rotatable bonds is 11. The summed E-state index contributed by atoms with van der Waals surface area (Å²) in [4.78, 5) is 29.7. The number of amides is 2. The van der Waals surface area contributed by atoms with E-state index in [0.29, 0.717) is 36.5 Å². The molecular formula is C27H29F3N6O4. The number of pyridine rings is 1. The summed E-state index contributed by atoms with van der Waals surface area (Å²) in [5.41, 5.74) is 1.56. The number of hydrazone groups is 1. The number of methoxy groups -OCH3 is 1. The molecule has 2 amide bonds. The highest BCUT2D eigenvalue weighted by Gasteiger charge is 2.30. The van der Waals surface area contributed by atoms with Crippen molar-refractivity contribution < 1.29 is 32.2 Å². The third-order valence-corrected chi connectivity index (χ3v) is 5.77. The molecule has 0 bridgehead atoms. The lowest BCUT2D eigenvalue weighted by Gasteiger charge is -2.28. The number of alkyl halides is 3. The van der Waals surface area contributed by atoms with Gasteiger partial charge in [-0.05, 0) is 42.7 Å². The number of nitrogens with zero attached hydrogens (tertiary/aromatic N) is 4. The topological polar surface area (TPSA) is 129 Å². The van der Waals surface area contributed by atoms with Gasteiger partial charge in [-0.1, -0.05) is 12.1 Å². The summed E-state index contributed by atoms with van der Waals surface area (Å²) in [6, 6.07) is 11.2. The third-order valence-electron chi connectivity index (χ3n) is 5.77. The summed E-state index contributed by atoms with van der Waals surface area (Å²) >= 11 is 0. The minimum Gasteiger partial charge on any atom is -0.484 e. The molecule has 1 aromatic carbocycles. The van der Waals surface area contributed by atoms with Gasteiger partial charge in [0.15, 0.2) is 6.61 Å². The second-order valence-electron chi connectivity index (χ2n) is 8.89. The molecule has 40 heavy (non-hydrogen) atoms. The molecule has 13 heteroatoms. The van der Waals surface area contributed by atoms with Crippen molar-refractivity contribution in [2.45, 2.75) is 31.5 Å². The zero-order valence-corrected chi connectivity index (χ0v) is 22.0. The van der Waals surface area contributed by atoms with Gasteiger partial charge in [-0.3, -0.25) is 14.6 Å². The molecule has 1 fully saturated rings. The van der Waals surface area contributed by atoms with E-state index in [1.54, 1.807) is 31.3 Å². The predicted molar refractivity (Wildman–Crippen MR) is 141 cm³/mol. The summed E-state index contributed by atoms with van der Waals surface area (Å²) in [6.45, 7) is -0.818. The van der Waals surface area contributed by atoms with Crippen molar-refractivity contribution in [2.75, 3.05) is 38.9 Å². The van der Waals surface area contributed by atoms with Crippen LogP contribution in [0.2, 0.25) is 0 Å². The van der Waals surface area contributed by atoms with Crippen LogP contribution < -0.4 is 20.4 Å². The van der Waals surface area contributed by atoms with E-state index < -0.39 is 24.6 Å². The molecule has 1 atom stereocenters. The van der Waals surface area contributed by atoms with Crippen molar-refractivity contribution in [2.24, 2.45) is 5.10 Å². The van der Waals surface area contributed by atoms with Gasteiger partial charge in [0.25, 0.3) is 5.91 Å². The first kappa shape index (κ1) is 30.1. The summed E-state index contributed by atoms with van der Waals surface area (Å²) in [6.07, 6.45) is -0.667. The van der Waals surface area contributed by atoms with E-state index in [-0.39, 0.29) is 30.3 Å². The molecule has 1 unspecified atom stereocenters. The lowest BCUT2D eigenvalue weighted by molar-refractivity contribution is -0.153. The third kappa shape index (κ3) is 9.39. The number of ether oxygens (including phenoxy) is 2. The average Bonchev–Trinajstić information content (AvgIpc) is 2.92. The number of carbonyl (C=O) groups is 2. The highest BCUT2D eigenvalue weighted by Crippen LogP contribution is 2.22. The number of hydrogen-bond acceptors (Lipinski definition) is 8. The van der Waals surface area contributed by atoms with Gasteiger partial charge in [0, 0.05) is 45.4 Å². The molecule has 1 aromatic heterocycles. The van der Waals surface area contributed by atoms with E-state index in [4.69, 9.17) is 14.7 Å². The van der Waals surface area contributed by atoms with Crippen LogP contribution in [0.5, 0.6) is 5.75 Å². The quantitative estimate of drug-likeness (QED) is 0.247. The molecule has 0 aliphatic carbocycles. The predicted octanol–water partition coefficient (Wildman–Crippen LogP) is 2.90. The Morgan fingerprint density at radius 2 is 2.15 bits per heavy atom. The normalized spacial score (nSPS) is 17.3. The van der Waals surface area contributed by atoms with E-state index >= 15 is 0 Å². The molecule has 1 aliphatic heterocycles. The second-order valence-corrected chi connectivity index (χ2v) is 8.89. The molecular weight excluding hydrogens is 529 g/mol. The molecule has 10 nitrogen and oxygen atoms in total. The number of benzene rings is 1. The number of nitrogens with one attached hydrogen (secondary N) is 2. The van der Waals surface area contributed by atoms with Crippen molar-refractivity contribution in [3.8, 4) is 11.8 Å². The standard InChI is InChI=1S/C27H29F3N6O4/c1-36(24-9-7-19(15-31)16-33-24)35-23-13-20(34-26(38)22(23)14-25(37)32-10-11-39-2)8-6-18-4-3-5-21(12-18)40-17-27(28,29)30/h3-5,7,9,12,14,16,20H,6,8,10-11,13,17H2,1-2H3,(H,32,37)(H,34,38)/b22-14-,35-23-. The number of aryl methyl sites for hydroxylation is 1. The van der Waals surface area contributed by atoms with Crippen molar-refractivity contribution in [1.82, 2.24) is 15.6 Å².